The number of nitrogens with zero attached hydrogens (tertiary/aromatic N) is 2. The second-order valence-corrected chi connectivity index (χ2v) is 5.32. The van der Waals surface area contributed by atoms with Crippen molar-refractivity contribution >= 4 is 0 Å². The van der Waals surface area contributed by atoms with Crippen molar-refractivity contribution in [3.05, 3.63) is 23.8 Å². The fourth-order valence-corrected chi connectivity index (χ4v) is 2.56. The highest BCUT2D eigenvalue weighted by Gasteiger charge is 2.19. The number of likely N-dealkylation sites (N-methyl/N-ethyl adjacent to an activating group) is 1. The zero-order valence-corrected chi connectivity index (χ0v) is 11.3. The zero-order valence-electron chi connectivity index (χ0n) is 11.3. The summed E-state index contributed by atoms with van der Waals surface area (Å²) in [4.78, 5) is 4.78. The van der Waals surface area contributed by atoms with Crippen LogP contribution < -0.4 is 15.2 Å². The lowest BCUT2D eigenvalue weighted by atomic mass is 10.1. The quantitative estimate of drug-likeness (QED) is 0.868. The second kappa shape index (κ2) is 5.36. The number of hydrogen-bond acceptors (Lipinski definition) is 5. The van der Waals surface area contributed by atoms with Gasteiger partial charge in [0, 0.05) is 38.8 Å². The molecule has 2 heterocycles. The first-order valence-corrected chi connectivity index (χ1v) is 6.78. The van der Waals surface area contributed by atoms with Gasteiger partial charge in [-0.15, -0.1) is 0 Å². The van der Waals surface area contributed by atoms with Crippen LogP contribution in [0, 0.1) is 0 Å². The standard InChI is InChI=1S/C14H21N3O2/c1-16-4-6-17(7-5-16)9-12(15)11-2-3-13-14(8-11)19-10-18-13/h2-3,8,12H,4-7,9-10,15H2,1H3. The van der Waals surface area contributed by atoms with E-state index in [1.54, 1.807) is 0 Å². The molecule has 0 bridgehead atoms. The summed E-state index contributed by atoms with van der Waals surface area (Å²) in [7, 11) is 2.16. The van der Waals surface area contributed by atoms with E-state index in [0.717, 1.165) is 49.8 Å². The molecule has 1 atom stereocenters. The summed E-state index contributed by atoms with van der Waals surface area (Å²) < 4.78 is 10.7. The summed E-state index contributed by atoms with van der Waals surface area (Å²) >= 11 is 0. The molecule has 2 aliphatic heterocycles. The lowest BCUT2D eigenvalue weighted by Gasteiger charge is -2.33. The Kier molecular flexibility index (Phi) is 3.59. The van der Waals surface area contributed by atoms with Gasteiger partial charge in [-0.3, -0.25) is 4.90 Å². The minimum Gasteiger partial charge on any atom is -0.454 e. The van der Waals surface area contributed by atoms with Gasteiger partial charge < -0.3 is 20.1 Å². The molecule has 19 heavy (non-hydrogen) atoms. The maximum Gasteiger partial charge on any atom is 0.231 e. The molecule has 2 aliphatic rings. The SMILES string of the molecule is CN1CCN(CC(N)c2ccc3c(c2)OCO3)CC1. The van der Waals surface area contributed by atoms with Crippen LogP contribution in [0.3, 0.4) is 0 Å². The molecule has 0 radical (unpaired) electrons. The predicted octanol–water partition coefficient (Wildman–Crippen LogP) is 0.663. The van der Waals surface area contributed by atoms with E-state index in [9.17, 15) is 0 Å². The molecule has 5 heteroatoms. The molecule has 3 rings (SSSR count). The summed E-state index contributed by atoms with van der Waals surface area (Å²) in [6.45, 7) is 5.63. The lowest BCUT2D eigenvalue weighted by Crippen LogP contribution is -2.46. The summed E-state index contributed by atoms with van der Waals surface area (Å²) in [6.07, 6.45) is 0. The summed E-state index contributed by atoms with van der Waals surface area (Å²) in [5.41, 5.74) is 7.42. The highest BCUT2D eigenvalue weighted by atomic mass is 16.7. The summed E-state index contributed by atoms with van der Waals surface area (Å²) in [6, 6.07) is 6.01. The monoisotopic (exact) mass is 263 g/mol. The van der Waals surface area contributed by atoms with Crippen LogP contribution in [0.5, 0.6) is 11.5 Å². The van der Waals surface area contributed by atoms with Crippen LogP contribution in [0.1, 0.15) is 11.6 Å². The van der Waals surface area contributed by atoms with Gasteiger partial charge in [0.15, 0.2) is 11.5 Å². The number of ether oxygens (including phenoxy) is 2. The van der Waals surface area contributed by atoms with Crippen molar-refractivity contribution in [3.63, 3.8) is 0 Å². The molecule has 0 amide bonds. The van der Waals surface area contributed by atoms with Gasteiger partial charge in [0.2, 0.25) is 6.79 Å². The number of fused-ring (bicyclic) bond motifs is 1. The number of rotatable bonds is 3. The molecule has 0 saturated carbocycles. The average Bonchev–Trinajstić information content (AvgIpc) is 2.88. The van der Waals surface area contributed by atoms with Crippen molar-refractivity contribution in [2.75, 3.05) is 46.6 Å². The van der Waals surface area contributed by atoms with Crippen LogP contribution >= 0.6 is 0 Å². The molecule has 1 unspecified atom stereocenters. The third-order valence-electron chi connectivity index (χ3n) is 3.88. The average molecular weight is 263 g/mol. The van der Waals surface area contributed by atoms with E-state index in [1.165, 1.54) is 0 Å². The van der Waals surface area contributed by atoms with Gasteiger partial charge in [-0.2, -0.15) is 0 Å². The summed E-state index contributed by atoms with van der Waals surface area (Å²) in [5.74, 6) is 1.63. The Hall–Kier alpha value is -1.30. The van der Waals surface area contributed by atoms with Gasteiger partial charge in [0.25, 0.3) is 0 Å². The van der Waals surface area contributed by atoms with Crippen LogP contribution in [0.2, 0.25) is 0 Å². The largest absolute Gasteiger partial charge is 0.454 e. The molecule has 104 valence electrons. The molecule has 1 aromatic carbocycles. The first-order chi connectivity index (χ1) is 9.22. The van der Waals surface area contributed by atoms with E-state index < -0.39 is 0 Å². The van der Waals surface area contributed by atoms with Crippen molar-refractivity contribution in [1.82, 2.24) is 9.80 Å². The van der Waals surface area contributed by atoms with Crippen molar-refractivity contribution in [2.45, 2.75) is 6.04 Å². The van der Waals surface area contributed by atoms with Crippen molar-refractivity contribution < 1.29 is 9.47 Å². The van der Waals surface area contributed by atoms with Crippen LogP contribution in [-0.2, 0) is 0 Å². The Morgan fingerprint density at radius 3 is 2.68 bits per heavy atom. The predicted molar refractivity (Wildman–Crippen MR) is 73.4 cm³/mol. The molecule has 5 nitrogen and oxygen atoms in total. The highest BCUT2D eigenvalue weighted by molar-refractivity contribution is 5.45. The first kappa shape index (κ1) is 12.7. The van der Waals surface area contributed by atoms with Gasteiger partial charge in [0.1, 0.15) is 0 Å². The fourth-order valence-electron chi connectivity index (χ4n) is 2.56. The number of piperazine rings is 1. The molecule has 0 aromatic heterocycles. The van der Waals surface area contributed by atoms with E-state index in [2.05, 4.69) is 16.8 Å². The maximum absolute atomic E-state index is 6.30. The number of nitrogens with two attached hydrogens (primary N) is 1. The van der Waals surface area contributed by atoms with Crippen molar-refractivity contribution in [3.8, 4) is 11.5 Å². The Labute approximate surface area is 113 Å². The molecule has 1 saturated heterocycles. The Balaban J connectivity index is 1.62. The minimum atomic E-state index is 0.0258. The van der Waals surface area contributed by atoms with Gasteiger partial charge in [-0.1, -0.05) is 6.07 Å². The van der Waals surface area contributed by atoms with E-state index >= 15 is 0 Å². The second-order valence-electron chi connectivity index (χ2n) is 5.32. The van der Waals surface area contributed by atoms with Crippen LogP contribution in [0.15, 0.2) is 18.2 Å². The van der Waals surface area contributed by atoms with Gasteiger partial charge in [-0.25, -0.2) is 0 Å². The normalized spacial score (nSPS) is 21.6. The van der Waals surface area contributed by atoms with E-state index in [1.807, 2.05) is 18.2 Å². The summed E-state index contributed by atoms with van der Waals surface area (Å²) in [5, 5.41) is 0. The highest BCUT2D eigenvalue weighted by Crippen LogP contribution is 2.33. The van der Waals surface area contributed by atoms with Gasteiger partial charge in [0.05, 0.1) is 0 Å². The number of hydrogen-bond donors (Lipinski definition) is 1. The fraction of sp³-hybridized carbons (Fsp3) is 0.571. The van der Waals surface area contributed by atoms with Crippen LogP contribution in [0.4, 0.5) is 0 Å². The Morgan fingerprint density at radius 2 is 1.89 bits per heavy atom. The first-order valence-electron chi connectivity index (χ1n) is 6.78. The van der Waals surface area contributed by atoms with Crippen molar-refractivity contribution in [2.24, 2.45) is 5.73 Å². The molecule has 1 fully saturated rings. The van der Waals surface area contributed by atoms with E-state index in [4.69, 9.17) is 15.2 Å². The molecular weight excluding hydrogens is 242 g/mol. The third-order valence-corrected chi connectivity index (χ3v) is 3.88. The van der Waals surface area contributed by atoms with Crippen molar-refractivity contribution in [1.29, 1.82) is 0 Å². The molecule has 0 aliphatic carbocycles. The maximum atomic E-state index is 6.30. The van der Waals surface area contributed by atoms with E-state index in [-0.39, 0.29) is 6.04 Å². The third kappa shape index (κ3) is 2.83. The topological polar surface area (TPSA) is 51.0 Å². The molecule has 2 N–H and O–H groups in total. The smallest absolute Gasteiger partial charge is 0.231 e. The number of benzene rings is 1. The van der Waals surface area contributed by atoms with Gasteiger partial charge >= 0.3 is 0 Å². The van der Waals surface area contributed by atoms with Crippen LogP contribution in [0.25, 0.3) is 0 Å². The zero-order chi connectivity index (χ0) is 13.2. The molecular formula is C14H21N3O2. The lowest BCUT2D eigenvalue weighted by molar-refractivity contribution is 0.147. The molecule has 0 spiro atoms. The van der Waals surface area contributed by atoms with E-state index in [0.29, 0.717) is 6.79 Å². The Bertz CT molecular complexity index is 444. The Morgan fingerprint density at radius 1 is 1.16 bits per heavy atom. The van der Waals surface area contributed by atoms with Crippen LogP contribution in [-0.4, -0.2) is 56.4 Å². The molecule has 1 aromatic rings. The minimum absolute atomic E-state index is 0.0258. The van der Waals surface area contributed by atoms with Gasteiger partial charge in [-0.05, 0) is 24.7 Å².